The van der Waals surface area contributed by atoms with Crippen molar-refractivity contribution in [1.82, 2.24) is 0 Å². The smallest absolute Gasteiger partial charge is 0.311 e. The van der Waals surface area contributed by atoms with Crippen molar-refractivity contribution in [3.63, 3.8) is 0 Å². The quantitative estimate of drug-likeness (QED) is 0.0201. The van der Waals surface area contributed by atoms with Crippen LogP contribution < -0.4 is 23.7 Å². The molecule has 0 atom stereocenters. The first-order valence-corrected chi connectivity index (χ1v) is 46.7. The normalized spacial score (nSPS) is 14.7. The highest BCUT2D eigenvalue weighted by atomic mass is 32.2. The number of halogens is 5. The third kappa shape index (κ3) is 29.7. The molecule has 676 valence electrons. The van der Waals surface area contributed by atoms with Crippen LogP contribution in [0.1, 0.15) is 249 Å². The van der Waals surface area contributed by atoms with Crippen molar-refractivity contribution in [1.29, 1.82) is 0 Å². The molecular formula is C107H111F5O16S. The number of benzene rings is 10. The Morgan fingerprint density at radius 2 is 0.496 bits per heavy atom. The van der Waals surface area contributed by atoms with E-state index in [-0.39, 0.29) is 69.2 Å². The summed E-state index contributed by atoms with van der Waals surface area (Å²) in [7, 11) is -3.40. The Hall–Kier alpha value is -12.2. The van der Waals surface area contributed by atoms with E-state index in [4.69, 9.17) is 23.7 Å². The predicted octanol–water partition coefficient (Wildman–Crippen LogP) is 26.3. The molecule has 0 aliphatic heterocycles. The van der Waals surface area contributed by atoms with Gasteiger partial charge in [0.05, 0.1) is 4.90 Å². The van der Waals surface area contributed by atoms with Crippen molar-refractivity contribution in [2.75, 3.05) is 6.26 Å². The van der Waals surface area contributed by atoms with Crippen LogP contribution in [-0.4, -0.2) is 67.7 Å². The molecule has 0 amide bonds. The van der Waals surface area contributed by atoms with Crippen LogP contribution in [0.25, 0.3) is 55.6 Å². The molecule has 0 spiro atoms. The van der Waals surface area contributed by atoms with Crippen LogP contribution in [-0.2, 0) is 33.8 Å². The van der Waals surface area contributed by atoms with E-state index < -0.39 is 38.9 Å². The Labute approximate surface area is 752 Å². The Bertz CT molecular complexity index is 5750. The summed E-state index contributed by atoms with van der Waals surface area (Å²) in [6.07, 6.45) is 27.5. The fraction of sp³-hybridized carbons (Fsp3) is 0.355. The minimum atomic E-state index is -3.40. The third-order valence-corrected chi connectivity index (χ3v) is 25.2. The van der Waals surface area contributed by atoms with E-state index in [1.54, 1.807) is 123 Å². The number of ether oxygens (including phenoxy) is 5. The minimum Gasteiger partial charge on any atom is -0.426 e. The van der Waals surface area contributed by atoms with Gasteiger partial charge in [-0.1, -0.05) is 169 Å². The van der Waals surface area contributed by atoms with E-state index in [2.05, 4.69) is 0 Å². The standard InChI is InChI=1S/C23H25FO3.C22H23FO3.C21H23FO4S.C21H21FO3.C20H19FO3/c1-2-22(25)18-10-6-9-17(14-18)20-15-19(11-12-21(20)24)27-23(26)13-16-7-4-3-5-8-16;1-2-21(24)17-9-5-8-16(13-17)19-14-18(10-11-20(19)23)26-22(25)12-15-6-3-4-7-15;1-27(24,25)18-9-5-8-16(13-18)19-14-17(10-11-20(19)22)26-21(23)12-15-6-3-2-4-7-15;1-14(23)16-7-4-8-17(12-16)19-13-18(9-10-20(19)22)25-21(24)11-15-5-2-3-6-15;1-13(22)15-6-3-7-16(11-15)18-12-17(8-9-19(18)21)24-20(23)10-14-4-2-5-14/h6,9-12,14-16H,2-5,7-8,13H2,1H3;5,8-11,13-15H,2-4,6-7,12H2,1H3;5,8-11,13-15H,2-4,6-7,12H2,1H3;4,7-10,12-13,15H,2-3,5-6,11H2,1H3;3,6-9,11-12,14H,2,4-5,10H2,1H3. The molecule has 5 saturated carbocycles. The number of hydrogen-bond donors (Lipinski definition) is 0. The summed E-state index contributed by atoms with van der Waals surface area (Å²) in [4.78, 5) is 108. The average molecular weight is 1780 g/mol. The topological polar surface area (TPSA) is 234 Å². The monoisotopic (exact) mass is 1780 g/mol. The maximum atomic E-state index is 14.4. The van der Waals surface area contributed by atoms with Gasteiger partial charge in [-0.05, 0) is 263 Å². The Balaban J connectivity index is 0.000000156. The number of sulfone groups is 1. The van der Waals surface area contributed by atoms with Crippen molar-refractivity contribution in [3.05, 3.63) is 264 Å². The van der Waals surface area contributed by atoms with Crippen molar-refractivity contribution in [2.24, 2.45) is 29.6 Å². The summed E-state index contributed by atoms with van der Waals surface area (Å²) in [5.74, 6) is -0.197. The molecule has 0 aromatic heterocycles. The SMILES string of the molecule is CC(=O)c1cccc(-c2cc(OC(=O)CC3CCC3)ccc2F)c1.CC(=O)c1cccc(-c2cc(OC(=O)CC3CCCC3)ccc2F)c1.CCC(=O)c1cccc(-c2cc(OC(=O)CC3CCCC3)ccc2F)c1.CCC(=O)c1cccc(-c2cc(OC(=O)CC3CCCCC3)ccc2F)c1.CS(=O)(=O)c1cccc(-c2cc(OC(=O)CC3CCCCC3)ccc2F)c1. The van der Waals surface area contributed by atoms with Gasteiger partial charge in [-0.2, -0.15) is 0 Å². The number of carbonyl (C=O) groups is 9. The molecule has 0 radical (unpaired) electrons. The molecule has 5 aliphatic rings. The number of esters is 5. The summed E-state index contributed by atoms with van der Waals surface area (Å²) in [5.41, 5.74) is 6.36. The second kappa shape index (κ2) is 47.8. The first-order valence-electron chi connectivity index (χ1n) is 44.8. The average Bonchev–Trinajstić information content (AvgIpc) is 1.14. The van der Waals surface area contributed by atoms with E-state index >= 15 is 0 Å². The zero-order valence-corrected chi connectivity index (χ0v) is 74.5. The Morgan fingerprint density at radius 1 is 0.279 bits per heavy atom. The highest BCUT2D eigenvalue weighted by molar-refractivity contribution is 7.90. The van der Waals surface area contributed by atoms with Crippen molar-refractivity contribution in [3.8, 4) is 84.4 Å². The van der Waals surface area contributed by atoms with Gasteiger partial charge in [-0.25, -0.2) is 30.4 Å². The van der Waals surface area contributed by atoms with Gasteiger partial charge in [0, 0.05) is 101 Å². The zero-order valence-electron chi connectivity index (χ0n) is 73.7. The fourth-order valence-electron chi connectivity index (χ4n) is 16.7. The Morgan fingerprint density at radius 3 is 0.721 bits per heavy atom. The number of carbonyl (C=O) groups excluding carboxylic acids is 9. The largest absolute Gasteiger partial charge is 0.426 e. The van der Waals surface area contributed by atoms with Crippen molar-refractivity contribution < 1.29 is 97.2 Å². The van der Waals surface area contributed by atoms with Crippen LogP contribution in [0.5, 0.6) is 28.7 Å². The van der Waals surface area contributed by atoms with Gasteiger partial charge in [0.2, 0.25) is 0 Å². The molecule has 0 heterocycles. The van der Waals surface area contributed by atoms with Crippen LogP contribution in [0.3, 0.4) is 0 Å². The molecule has 10 aromatic rings. The van der Waals surface area contributed by atoms with E-state index in [1.165, 1.54) is 175 Å². The molecule has 10 aromatic carbocycles. The molecule has 16 nitrogen and oxygen atoms in total. The molecular weight excluding hydrogens is 1670 g/mol. The summed E-state index contributed by atoms with van der Waals surface area (Å²) < 4.78 is 122. The highest BCUT2D eigenvalue weighted by Crippen LogP contribution is 2.39. The minimum absolute atomic E-state index is 0.00593. The van der Waals surface area contributed by atoms with Crippen LogP contribution in [0, 0.1) is 58.7 Å². The van der Waals surface area contributed by atoms with E-state index in [9.17, 15) is 73.5 Å². The first kappa shape index (κ1) is 97.4. The van der Waals surface area contributed by atoms with Gasteiger partial charge < -0.3 is 23.7 Å². The lowest BCUT2D eigenvalue weighted by molar-refractivity contribution is -0.136. The molecule has 5 aliphatic carbocycles. The van der Waals surface area contributed by atoms with Gasteiger partial charge in [0.25, 0.3) is 0 Å². The maximum absolute atomic E-state index is 14.4. The van der Waals surface area contributed by atoms with E-state index in [0.717, 1.165) is 83.3 Å². The molecule has 0 saturated heterocycles. The number of rotatable bonds is 27. The van der Waals surface area contributed by atoms with Gasteiger partial charge in [0.15, 0.2) is 33.0 Å². The zero-order chi connectivity index (χ0) is 92.1. The molecule has 129 heavy (non-hydrogen) atoms. The lowest BCUT2D eigenvalue weighted by Gasteiger charge is -2.23. The van der Waals surface area contributed by atoms with E-state index in [0.29, 0.717) is 170 Å². The number of ketones is 4. The Kier molecular flexibility index (Phi) is 36.1. The first-order chi connectivity index (χ1) is 62.0. The summed E-state index contributed by atoms with van der Waals surface area (Å²) in [6, 6.07) is 54.5. The molecule has 0 unspecified atom stereocenters. The number of Topliss-reactive ketones (excluding diaryl/α,β-unsaturated/α-hetero) is 4. The maximum Gasteiger partial charge on any atom is 0.311 e. The molecule has 5 fully saturated rings. The van der Waals surface area contributed by atoms with Gasteiger partial charge in [0.1, 0.15) is 57.8 Å². The van der Waals surface area contributed by atoms with Crippen molar-refractivity contribution >= 4 is 62.8 Å². The third-order valence-electron chi connectivity index (χ3n) is 24.1. The van der Waals surface area contributed by atoms with Crippen molar-refractivity contribution in [2.45, 2.75) is 212 Å². The highest BCUT2D eigenvalue weighted by Gasteiger charge is 2.27. The predicted molar refractivity (Wildman–Crippen MR) is 487 cm³/mol. The molecule has 15 rings (SSSR count). The molecule has 0 bridgehead atoms. The second-order valence-electron chi connectivity index (χ2n) is 34.0. The second-order valence-corrected chi connectivity index (χ2v) is 36.0. The van der Waals surface area contributed by atoms with Gasteiger partial charge in [-0.3, -0.25) is 43.2 Å². The number of hydrogen-bond acceptors (Lipinski definition) is 16. The van der Waals surface area contributed by atoms with Crippen LogP contribution in [0.4, 0.5) is 22.0 Å². The summed E-state index contributed by atoms with van der Waals surface area (Å²) >= 11 is 0. The van der Waals surface area contributed by atoms with Gasteiger partial charge >= 0.3 is 29.8 Å². The lowest BCUT2D eigenvalue weighted by atomic mass is 9.83. The summed E-state index contributed by atoms with van der Waals surface area (Å²) in [6.45, 7) is 6.52. The molecule has 22 heteroatoms. The van der Waals surface area contributed by atoms with E-state index in [1.807, 2.05) is 0 Å². The molecule has 0 N–H and O–H groups in total. The van der Waals surface area contributed by atoms with Crippen LogP contribution in [0.2, 0.25) is 0 Å². The fourth-order valence-corrected chi connectivity index (χ4v) is 17.4. The van der Waals surface area contributed by atoms with Crippen LogP contribution >= 0.6 is 0 Å². The lowest BCUT2D eigenvalue weighted by Crippen LogP contribution is -2.19. The van der Waals surface area contributed by atoms with Crippen LogP contribution in [0.15, 0.2) is 217 Å². The summed E-state index contributed by atoms with van der Waals surface area (Å²) in [5, 5.41) is 0. The van der Waals surface area contributed by atoms with Gasteiger partial charge in [-0.15, -0.1) is 0 Å².